The monoisotopic (exact) mass is 232 g/mol. The molecule has 2 aromatic heterocycles. The highest BCUT2D eigenvalue weighted by atomic mass is 15.3. The Morgan fingerprint density at radius 2 is 2.12 bits per heavy atom. The van der Waals surface area contributed by atoms with Crippen molar-refractivity contribution in [3.63, 3.8) is 0 Å². The van der Waals surface area contributed by atoms with Crippen molar-refractivity contribution in [1.82, 2.24) is 25.4 Å². The van der Waals surface area contributed by atoms with Crippen LogP contribution in [0.3, 0.4) is 0 Å². The van der Waals surface area contributed by atoms with Crippen LogP contribution in [0.1, 0.15) is 25.1 Å². The molecule has 0 radical (unpaired) electrons. The van der Waals surface area contributed by atoms with Crippen LogP contribution in [0.2, 0.25) is 0 Å². The van der Waals surface area contributed by atoms with Gasteiger partial charge in [-0.2, -0.15) is 15.4 Å². The maximum absolute atomic E-state index is 4.50. The number of hydrogen-bond donors (Lipinski definition) is 2. The van der Waals surface area contributed by atoms with Crippen LogP contribution < -0.4 is 5.32 Å². The van der Waals surface area contributed by atoms with E-state index in [2.05, 4.69) is 37.6 Å². The molecule has 0 unspecified atom stereocenters. The number of nitrogens with zero attached hydrogens (tertiary/aromatic N) is 4. The largest absolute Gasteiger partial charge is 0.370 e. The lowest BCUT2D eigenvalue weighted by molar-refractivity contribution is 0.929. The smallest absolute Gasteiger partial charge is 0.184 e. The molecule has 2 N–H and O–H groups in total. The maximum Gasteiger partial charge on any atom is 0.184 e. The highest BCUT2D eigenvalue weighted by Crippen LogP contribution is 2.20. The highest BCUT2D eigenvalue weighted by molar-refractivity contribution is 5.55. The lowest BCUT2D eigenvalue weighted by atomic mass is 10.2. The quantitative estimate of drug-likeness (QED) is 0.836. The van der Waals surface area contributed by atoms with Gasteiger partial charge in [0, 0.05) is 17.8 Å². The fraction of sp³-hybridized carbons (Fsp3) is 0.455. The number of hydrogen-bond acceptors (Lipinski definition) is 5. The van der Waals surface area contributed by atoms with Crippen LogP contribution in [0, 0.1) is 6.92 Å². The van der Waals surface area contributed by atoms with Gasteiger partial charge >= 0.3 is 0 Å². The van der Waals surface area contributed by atoms with Gasteiger partial charge in [-0.1, -0.05) is 6.92 Å². The highest BCUT2D eigenvalue weighted by Gasteiger charge is 2.12. The Kier molecular flexibility index (Phi) is 3.32. The summed E-state index contributed by atoms with van der Waals surface area (Å²) < 4.78 is 0. The van der Waals surface area contributed by atoms with Crippen molar-refractivity contribution in [3.8, 4) is 11.5 Å². The van der Waals surface area contributed by atoms with Crippen LogP contribution in [0.4, 0.5) is 5.82 Å². The third-order valence-corrected chi connectivity index (χ3v) is 2.57. The summed E-state index contributed by atoms with van der Waals surface area (Å²) in [6.07, 6.45) is 2.50. The number of aromatic nitrogens is 5. The molecule has 0 fully saturated rings. The van der Waals surface area contributed by atoms with Crippen molar-refractivity contribution in [2.75, 3.05) is 11.9 Å². The summed E-state index contributed by atoms with van der Waals surface area (Å²) in [4.78, 5) is 8.97. The van der Waals surface area contributed by atoms with Gasteiger partial charge in [-0.25, -0.2) is 9.97 Å². The van der Waals surface area contributed by atoms with E-state index in [1.165, 1.54) is 0 Å². The minimum Gasteiger partial charge on any atom is -0.370 e. The van der Waals surface area contributed by atoms with E-state index in [1.807, 2.05) is 13.8 Å². The standard InChI is InChI=1S/C11H16N6/c1-4-8-7(3)10(12-5-2)15-11(14-8)9-6-13-17-16-9/h6H,4-5H2,1-3H3,(H,12,14,15)(H,13,16,17). The van der Waals surface area contributed by atoms with Crippen molar-refractivity contribution >= 4 is 5.82 Å². The van der Waals surface area contributed by atoms with Gasteiger partial charge in [0.05, 0.1) is 6.20 Å². The minimum absolute atomic E-state index is 0.608. The molecule has 90 valence electrons. The molecule has 2 heterocycles. The molecule has 2 aromatic rings. The van der Waals surface area contributed by atoms with Gasteiger partial charge in [0.2, 0.25) is 0 Å². The average Bonchev–Trinajstić information content (AvgIpc) is 2.85. The molecule has 6 heteroatoms. The zero-order chi connectivity index (χ0) is 12.3. The molecule has 2 rings (SSSR count). The number of aromatic amines is 1. The molecule has 0 aliphatic rings. The molecule has 6 nitrogen and oxygen atoms in total. The van der Waals surface area contributed by atoms with E-state index in [1.54, 1.807) is 6.20 Å². The minimum atomic E-state index is 0.608. The molecule has 0 amide bonds. The summed E-state index contributed by atoms with van der Waals surface area (Å²) in [7, 11) is 0. The van der Waals surface area contributed by atoms with E-state index >= 15 is 0 Å². The zero-order valence-corrected chi connectivity index (χ0v) is 10.3. The Morgan fingerprint density at radius 1 is 1.29 bits per heavy atom. The Labute approximate surface area is 99.9 Å². The van der Waals surface area contributed by atoms with Crippen molar-refractivity contribution in [2.45, 2.75) is 27.2 Å². The first-order valence-electron chi connectivity index (χ1n) is 5.73. The number of nitrogens with one attached hydrogen (secondary N) is 2. The molecule has 0 atom stereocenters. The first-order valence-corrected chi connectivity index (χ1v) is 5.73. The van der Waals surface area contributed by atoms with Gasteiger partial charge in [-0.3, -0.25) is 0 Å². The molecule has 0 spiro atoms. The summed E-state index contributed by atoms with van der Waals surface area (Å²) in [5, 5.41) is 13.6. The normalized spacial score (nSPS) is 10.5. The molecule has 0 aromatic carbocycles. The number of anilines is 1. The van der Waals surface area contributed by atoms with E-state index < -0.39 is 0 Å². The Morgan fingerprint density at radius 3 is 2.71 bits per heavy atom. The summed E-state index contributed by atoms with van der Waals surface area (Å²) in [5.41, 5.74) is 2.80. The Hall–Kier alpha value is -1.98. The fourth-order valence-corrected chi connectivity index (χ4v) is 1.67. The lowest BCUT2D eigenvalue weighted by Crippen LogP contribution is -2.07. The SMILES string of the molecule is CCNc1nc(-c2cn[nH]n2)nc(CC)c1C. The van der Waals surface area contributed by atoms with Crippen molar-refractivity contribution in [3.05, 3.63) is 17.5 Å². The molecule has 0 saturated carbocycles. The second-order valence-corrected chi connectivity index (χ2v) is 3.71. The molecule has 0 aliphatic carbocycles. The van der Waals surface area contributed by atoms with Crippen molar-refractivity contribution in [1.29, 1.82) is 0 Å². The van der Waals surface area contributed by atoms with E-state index in [-0.39, 0.29) is 0 Å². The first-order chi connectivity index (χ1) is 8.26. The average molecular weight is 232 g/mol. The molecular weight excluding hydrogens is 216 g/mol. The summed E-state index contributed by atoms with van der Waals surface area (Å²) in [5.74, 6) is 1.48. The topological polar surface area (TPSA) is 79.4 Å². The van der Waals surface area contributed by atoms with Gasteiger partial charge in [-0.05, 0) is 20.3 Å². The third kappa shape index (κ3) is 2.25. The number of rotatable bonds is 4. The summed E-state index contributed by atoms with van der Waals surface area (Å²) >= 11 is 0. The van der Waals surface area contributed by atoms with E-state index in [0.29, 0.717) is 11.5 Å². The van der Waals surface area contributed by atoms with Crippen LogP contribution >= 0.6 is 0 Å². The molecule has 0 saturated heterocycles. The maximum atomic E-state index is 4.50. The predicted molar refractivity (Wildman–Crippen MR) is 65.7 cm³/mol. The fourth-order valence-electron chi connectivity index (χ4n) is 1.67. The van der Waals surface area contributed by atoms with E-state index in [0.717, 1.165) is 30.0 Å². The van der Waals surface area contributed by atoms with Gasteiger partial charge in [0.15, 0.2) is 5.82 Å². The van der Waals surface area contributed by atoms with Gasteiger partial charge in [0.1, 0.15) is 11.5 Å². The van der Waals surface area contributed by atoms with Crippen LogP contribution in [0.5, 0.6) is 0 Å². The van der Waals surface area contributed by atoms with E-state index in [9.17, 15) is 0 Å². The predicted octanol–water partition coefficient (Wildman–Crippen LogP) is 1.56. The Balaban J connectivity index is 2.50. The van der Waals surface area contributed by atoms with Crippen molar-refractivity contribution < 1.29 is 0 Å². The first kappa shape index (κ1) is 11.5. The summed E-state index contributed by atoms with van der Waals surface area (Å²) in [6, 6.07) is 0. The third-order valence-electron chi connectivity index (χ3n) is 2.57. The summed E-state index contributed by atoms with van der Waals surface area (Å²) in [6.45, 7) is 6.99. The number of H-pyrrole nitrogens is 1. The Bertz CT molecular complexity index is 491. The lowest BCUT2D eigenvalue weighted by Gasteiger charge is -2.11. The van der Waals surface area contributed by atoms with Gasteiger partial charge in [0.25, 0.3) is 0 Å². The molecule has 17 heavy (non-hydrogen) atoms. The zero-order valence-electron chi connectivity index (χ0n) is 10.3. The number of aryl methyl sites for hydroxylation is 1. The van der Waals surface area contributed by atoms with Crippen LogP contribution in [0.15, 0.2) is 6.20 Å². The second-order valence-electron chi connectivity index (χ2n) is 3.71. The van der Waals surface area contributed by atoms with Crippen molar-refractivity contribution in [2.24, 2.45) is 0 Å². The van der Waals surface area contributed by atoms with Gasteiger partial charge in [-0.15, -0.1) is 0 Å². The van der Waals surface area contributed by atoms with Crippen LogP contribution in [-0.2, 0) is 6.42 Å². The van der Waals surface area contributed by atoms with Gasteiger partial charge < -0.3 is 5.32 Å². The molecular formula is C11H16N6. The molecule has 0 bridgehead atoms. The van der Waals surface area contributed by atoms with E-state index in [4.69, 9.17) is 0 Å². The van der Waals surface area contributed by atoms with Crippen LogP contribution in [0.25, 0.3) is 11.5 Å². The second kappa shape index (κ2) is 4.90. The van der Waals surface area contributed by atoms with Crippen LogP contribution in [-0.4, -0.2) is 31.9 Å². The molecule has 0 aliphatic heterocycles.